The number of carbonyl (C=O) groups excluding carboxylic acids is 1. The third-order valence-corrected chi connectivity index (χ3v) is 5.93. The standard InChI is InChI=1S/C18H28O6/c19-16(20)17(21)24-18(10-8-15-22-11-4-12-23-15)9-3-6-13-5-1-2-7-14(13)18/h13-15H,1-12H2,(H,19,20)/t13?,14?,18-/m1/s1. The highest BCUT2D eigenvalue weighted by atomic mass is 16.7. The van der Waals surface area contributed by atoms with Crippen LogP contribution in [0, 0.1) is 11.8 Å². The van der Waals surface area contributed by atoms with E-state index in [-0.39, 0.29) is 12.2 Å². The maximum Gasteiger partial charge on any atom is 0.417 e. The molecule has 24 heavy (non-hydrogen) atoms. The molecule has 0 aromatic heterocycles. The Balaban J connectivity index is 1.74. The summed E-state index contributed by atoms with van der Waals surface area (Å²) < 4.78 is 16.9. The molecular weight excluding hydrogens is 312 g/mol. The highest BCUT2D eigenvalue weighted by molar-refractivity contribution is 6.28. The Morgan fingerprint density at radius 2 is 1.75 bits per heavy atom. The van der Waals surface area contributed by atoms with E-state index in [9.17, 15) is 9.59 Å². The predicted octanol–water partition coefficient (Wildman–Crippen LogP) is 2.89. The molecule has 3 aliphatic rings. The van der Waals surface area contributed by atoms with Crippen LogP contribution in [0.3, 0.4) is 0 Å². The van der Waals surface area contributed by atoms with Crippen LogP contribution in [0.2, 0.25) is 0 Å². The van der Waals surface area contributed by atoms with Gasteiger partial charge in [-0.3, -0.25) is 0 Å². The van der Waals surface area contributed by atoms with Gasteiger partial charge in [-0.2, -0.15) is 0 Å². The van der Waals surface area contributed by atoms with E-state index in [2.05, 4.69) is 0 Å². The molecule has 2 saturated carbocycles. The summed E-state index contributed by atoms with van der Waals surface area (Å²) in [7, 11) is 0. The first-order valence-electron chi connectivity index (χ1n) is 9.30. The summed E-state index contributed by atoms with van der Waals surface area (Å²) in [4.78, 5) is 22.9. The summed E-state index contributed by atoms with van der Waals surface area (Å²) in [5.74, 6) is -1.81. The van der Waals surface area contributed by atoms with Crippen molar-refractivity contribution >= 4 is 11.9 Å². The minimum atomic E-state index is -1.50. The molecule has 1 aliphatic heterocycles. The first-order chi connectivity index (χ1) is 11.6. The Labute approximate surface area is 142 Å². The van der Waals surface area contributed by atoms with Crippen LogP contribution in [0.5, 0.6) is 0 Å². The molecular formula is C18H28O6. The fourth-order valence-corrected chi connectivity index (χ4v) is 4.88. The van der Waals surface area contributed by atoms with Crippen LogP contribution in [-0.4, -0.2) is 42.1 Å². The zero-order valence-electron chi connectivity index (χ0n) is 14.2. The number of fused-ring (bicyclic) bond motifs is 1. The Kier molecular flexibility index (Phi) is 5.76. The number of carboxylic acids is 1. The van der Waals surface area contributed by atoms with E-state index in [1.165, 1.54) is 6.42 Å². The summed E-state index contributed by atoms with van der Waals surface area (Å²) in [5.41, 5.74) is -0.664. The first-order valence-corrected chi connectivity index (χ1v) is 9.30. The van der Waals surface area contributed by atoms with Gasteiger partial charge < -0.3 is 19.3 Å². The zero-order chi connectivity index (χ0) is 17.0. The fourth-order valence-electron chi connectivity index (χ4n) is 4.88. The van der Waals surface area contributed by atoms with E-state index >= 15 is 0 Å². The molecule has 136 valence electrons. The monoisotopic (exact) mass is 340 g/mol. The van der Waals surface area contributed by atoms with Gasteiger partial charge in [-0.05, 0) is 44.4 Å². The van der Waals surface area contributed by atoms with Crippen LogP contribution in [0.25, 0.3) is 0 Å². The van der Waals surface area contributed by atoms with Crippen LogP contribution in [0.4, 0.5) is 0 Å². The van der Waals surface area contributed by atoms with Gasteiger partial charge in [0, 0.05) is 12.3 Å². The van der Waals surface area contributed by atoms with Crippen molar-refractivity contribution in [3.05, 3.63) is 0 Å². The van der Waals surface area contributed by atoms with Crippen LogP contribution >= 0.6 is 0 Å². The van der Waals surface area contributed by atoms with Crippen LogP contribution in [0.15, 0.2) is 0 Å². The third-order valence-electron chi connectivity index (χ3n) is 5.93. The fraction of sp³-hybridized carbons (Fsp3) is 0.889. The molecule has 1 N–H and O–H groups in total. The quantitative estimate of drug-likeness (QED) is 0.626. The summed E-state index contributed by atoms with van der Waals surface area (Å²) in [6.45, 7) is 1.39. The zero-order valence-corrected chi connectivity index (χ0v) is 14.2. The van der Waals surface area contributed by atoms with Gasteiger partial charge in [0.1, 0.15) is 5.60 Å². The average Bonchev–Trinajstić information content (AvgIpc) is 2.61. The van der Waals surface area contributed by atoms with Crippen molar-refractivity contribution in [1.82, 2.24) is 0 Å². The Morgan fingerprint density at radius 3 is 2.50 bits per heavy atom. The molecule has 0 aromatic carbocycles. The lowest BCUT2D eigenvalue weighted by molar-refractivity contribution is -0.204. The van der Waals surface area contributed by atoms with Crippen molar-refractivity contribution in [2.45, 2.75) is 76.1 Å². The number of rotatable bonds is 4. The van der Waals surface area contributed by atoms with Crippen molar-refractivity contribution < 1.29 is 28.9 Å². The summed E-state index contributed by atoms with van der Waals surface area (Å²) in [6.07, 6.45) is 9.34. The Bertz CT molecular complexity index is 456. The summed E-state index contributed by atoms with van der Waals surface area (Å²) >= 11 is 0. The number of hydrogen-bond donors (Lipinski definition) is 1. The van der Waals surface area contributed by atoms with Crippen LogP contribution in [0.1, 0.15) is 64.2 Å². The number of aliphatic carboxylic acids is 1. The van der Waals surface area contributed by atoms with E-state index in [1.54, 1.807) is 0 Å². The molecule has 2 aliphatic carbocycles. The second kappa shape index (κ2) is 7.83. The second-order valence-corrected chi connectivity index (χ2v) is 7.37. The normalized spacial score (nSPS) is 34.3. The number of esters is 1. The largest absolute Gasteiger partial charge is 0.473 e. The van der Waals surface area contributed by atoms with E-state index in [0.717, 1.165) is 44.9 Å². The van der Waals surface area contributed by atoms with Gasteiger partial charge in [-0.15, -0.1) is 0 Å². The molecule has 2 unspecified atom stereocenters. The molecule has 0 bridgehead atoms. The predicted molar refractivity (Wildman–Crippen MR) is 85.3 cm³/mol. The molecule has 1 saturated heterocycles. The van der Waals surface area contributed by atoms with Crippen molar-refractivity contribution in [3.8, 4) is 0 Å². The minimum Gasteiger partial charge on any atom is -0.473 e. The number of carbonyl (C=O) groups is 2. The summed E-state index contributed by atoms with van der Waals surface area (Å²) in [6, 6.07) is 0. The topological polar surface area (TPSA) is 82.1 Å². The lowest BCUT2D eigenvalue weighted by Gasteiger charge is -2.49. The average molecular weight is 340 g/mol. The van der Waals surface area contributed by atoms with Gasteiger partial charge in [0.15, 0.2) is 6.29 Å². The van der Waals surface area contributed by atoms with E-state index in [0.29, 0.717) is 32.0 Å². The van der Waals surface area contributed by atoms with Crippen molar-refractivity contribution in [3.63, 3.8) is 0 Å². The maximum atomic E-state index is 11.9. The lowest BCUT2D eigenvalue weighted by atomic mass is 9.61. The van der Waals surface area contributed by atoms with Crippen LogP contribution < -0.4 is 0 Å². The van der Waals surface area contributed by atoms with Gasteiger partial charge in [0.2, 0.25) is 0 Å². The van der Waals surface area contributed by atoms with Gasteiger partial charge in [-0.25, -0.2) is 9.59 Å². The van der Waals surface area contributed by atoms with Crippen molar-refractivity contribution in [2.24, 2.45) is 11.8 Å². The van der Waals surface area contributed by atoms with E-state index in [4.69, 9.17) is 19.3 Å². The molecule has 6 nitrogen and oxygen atoms in total. The molecule has 3 rings (SSSR count). The third kappa shape index (κ3) is 3.91. The molecule has 0 radical (unpaired) electrons. The molecule has 0 aromatic rings. The lowest BCUT2D eigenvalue weighted by Crippen LogP contribution is -2.51. The number of ether oxygens (including phenoxy) is 3. The Hall–Kier alpha value is -1.14. The van der Waals surface area contributed by atoms with E-state index < -0.39 is 17.5 Å². The number of carboxylic acid groups (broad SMARTS) is 1. The highest BCUT2D eigenvalue weighted by Gasteiger charge is 2.49. The smallest absolute Gasteiger partial charge is 0.417 e. The van der Waals surface area contributed by atoms with Gasteiger partial charge in [0.25, 0.3) is 0 Å². The summed E-state index contributed by atoms with van der Waals surface area (Å²) in [5, 5.41) is 9.02. The van der Waals surface area contributed by atoms with Gasteiger partial charge >= 0.3 is 11.9 Å². The second-order valence-electron chi connectivity index (χ2n) is 7.37. The first kappa shape index (κ1) is 17.7. The van der Waals surface area contributed by atoms with Gasteiger partial charge in [0.05, 0.1) is 13.2 Å². The number of hydrogen-bond acceptors (Lipinski definition) is 5. The van der Waals surface area contributed by atoms with Crippen LogP contribution in [-0.2, 0) is 23.8 Å². The minimum absolute atomic E-state index is 0.261. The Morgan fingerprint density at radius 1 is 1.04 bits per heavy atom. The molecule has 6 heteroatoms. The van der Waals surface area contributed by atoms with Crippen molar-refractivity contribution in [2.75, 3.05) is 13.2 Å². The molecule has 3 fully saturated rings. The molecule has 1 heterocycles. The maximum absolute atomic E-state index is 11.9. The van der Waals surface area contributed by atoms with Gasteiger partial charge in [-0.1, -0.05) is 19.3 Å². The molecule has 0 amide bonds. The molecule has 0 spiro atoms. The van der Waals surface area contributed by atoms with Crippen molar-refractivity contribution in [1.29, 1.82) is 0 Å². The SMILES string of the molecule is O=C(O)C(=O)O[C@@]1(CCC2OCCCO2)CCCC2CCCCC21. The molecule has 3 atom stereocenters. The van der Waals surface area contributed by atoms with E-state index in [1.807, 2.05) is 0 Å². The highest BCUT2D eigenvalue weighted by Crippen LogP contribution is 2.50.